The molecule has 2 aromatic carbocycles. The van der Waals surface area contributed by atoms with E-state index >= 15 is 0 Å². The Labute approximate surface area is 190 Å². The summed E-state index contributed by atoms with van der Waals surface area (Å²) in [4.78, 5) is 17.3. The van der Waals surface area contributed by atoms with Gasteiger partial charge in [0.15, 0.2) is 11.5 Å². The second-order valence-corrected chi connectivity index (χ2v) is 7.44. The van der Waals surface area contributed by atoms with Gasteiger partial charge in [0.25, 0.3) is 5.91 Å². The minimum atomic E-state index is -0.164. The average molecular weight is 434 g/mol. The van der Waals surface area contributed by atoms with E-state index in [0.717, 1.165) is 33.9 Å². The molecule has 0 saturated heterocycles. The number of pyridine rings is 1. The predicted octanol–water partition coefficient (Wildman–Crippen LogP) is 5.21. The SMILES string of the molecule is CCOc1ccc(CCNC(=O)c2cccnc2Nc2c(C)cccc2C)cc1OCC. The summed E-state index contributed by atoms with van der Waals surface area (Å²) in [6.45, 7) is 9.60. The van der Waals surface area contributed by atoms with Crippen LogP contribution in [0.4, 0.5) is 11.5 Å². The largest absolute Gasteiger partial charge is 0.490 e. The summed E-state index contributed by atoms with van der Waals surface area (Å²) >= 11 is 0. The number of hydrogen-bond donors (Lipinski definition) is 2. The monoisotopic (exact) mass is 433 g/mol. The Kier molecular flexibility index (Phi) is 8.08. The van der Waals surface area contributed by atoms with Gasteiger partial charge < -0.3 is 20.1 Å². The first kappa shape index (κ1) is 23.1. The van der Waals surface area contributed by atoms with E-state index in [1.165, 1.54) is 0 Å². The Morgan fingerprint density at radius 2 is 1.66 bits per heavy atom. The number of carbonyl (C=O) groups is 1. The number of aryl methyl sites for hydroxylation is 2. The van der Waals surface area contributed by atoms with Crippen molar-refractivity contribution in [3.63, 3.8) is 0 Å². The van der Waals surface area contributed by atoms with Gasteiger partial charge in [-0.15, -0.1) is 0 Å². The third-order valence-electron chi connectivity index (χ3n) is 5.08. The van der Waals surface area contributed by atoms with Gasteiger partial charge in [0.1, 0.15) is 5.82 Å². The van der Waals surface area contributed by atoms with Crippen LogP contribution in [0.1, 0.15) is 40.9 Å². The molecule has 0 unspecified atom stereocenters. The summed E-state index contributed by atoms with van der Waals surface area (Å²) in [6, 6.07) is 15.5. The molecule has 6 heteroatoms. The molecule has 6 nitrogen and oxygen atoms in total. The highest BCUT2D eigenvalue weighted by molar-refractivity contribution is 5.99. The Morgan fingerprint density at radius 3 is 2.38 bits per heavy atom. The topological polar surface area (TPSA) is 72.5 Å². The Hall–Kier alpha value is -3.54. The van der Waals surface area contributed by atoms with Crippen molar-refractivity contribution in [1.82, 2.24) is 10.3 Å². The molecule has 0 aliphatic carbocycles. The fourth-order valence-corrected chi connectivity index (χ4v) is 3.48. The number of carbonyl (C=O) groups excluding carboxylic acids is 1. The summed E-state index contributed by atoms with van der Waals surface area (Å²) in [7, 11) is 0. The number of para-hydroxylation sites is 1. The normalized spacial score (nSPS) is 10.5. The van der Waals surface area contributed by atoms with E-state index in [1.807, 2.05) is 64.1 Å². The van der Waals surface area contributed by atoms with Crippen LogP contribution in [0.5, 0.6) is 11.5 Å². The smallest absolute Gasteiger partial charge is 0.255 e. The summed E-state index contributed by atoms with van der Waals surface area (Å²) in [5.41, 5.74) is 4.75. The van der Waals surface area contributed by atoms with Gasteiger partial charge in [-0.25, -0.2) is 4.98 Å². The number of anilines is 2. The first-order valence-electron chi connectivity index (χ1n) is 11.0. The average Bonchev–Trinajstić information content (AvgIpc) is 2.78. The van der Waals surface area contributed by atoms with Crippen LogP contribution in [0.2, 0.25) is 0 Å². The van der Waals surface area contributed by atoms with E-state index < -0.39 is 0 Å². The molecule has 0 radical (unpaired) electrons. The van der Waals surface area contributed by atoms with Crippen molar-refractivity contribution >= 4 is 17.4 Å². The minimum Gasteiger partial charge on any atom is -0.490 e. The van der Waals surface area contributed by atoms with Crippen molar-refractivity contribution < 1.29 is 14.3 Å². The van der Waals surface area contributed by atoms with Crippen LogP contribution in [0.15, 0.2) is 54.7 Å². The van der Waals surface area contributed by atoms with E-state index in [1.54, 1.807) is 18.3 Å². The maximum absolute atomic E-state index is 12.9. The molecule has 0 spiro atoms. The zero-order chi connectivity index (χ0) is 22.9. The number of nitrogens with one attached hydrogen (secondary N) is 2. The zero-order valence-electron chi connectivity index (χ0n) is 19.2. The van der Waals surface area contributed by atoms with E-state index in [9.17, 15) is 4.79 Å². The predicted molar refractivity (Wildman–Crippen MR) is 128 cm³/mol. The molecule has 0 aliphatic rings. The van der Waals surface area contributed by atoms with Gasteiger partial charge in [-0.2, -0.15) is 0 Å². The molecule has 0 atom stereocenters. The van der Waals surface area contributed by atoms with Gasteiger partial charge in [-0.1, -0.05) is 24.3 Å². The highest BCUT2D eigenvalue weighted by Crippen LogP contribution is 2.29. The second kappa shape index (κ2) is 11.2. The van der Waals surface area contributed by atoms with Crippen molar-refractivity contribution in [2.45, 2.75) is 34.1 Å². The molecule has 1 heterocycles. The number of ether oxygens (including phenoxy) is 2. The second-order valence-electron chi connectivity index (χ2n) is 7.44. The molecule has 0 saturated carbocycles. The molecule has 0 bridgehead atoms. The van der Waals surface area contributed by atoms with Crippen LogP contribution in [0, 0.1) is 13.8 Å². The molecule has 1 aromatic heterocycles. The number of rotatable bonds is 10. The van der Waals surface area contributed by atoms with Gasteiger partial charge in [-0.05, 0) is 75.1 Å². The summed E-state index contributed by atoms with van der Waals surface area (Å²) in [6.07, 6.45) is 2.36. The molecular formula is C26H31N3O3. The van der Waals surface area contributed by atoms with Gasteiger partial charge >= 0.3 is 0 Å². The van der Waals surface area contributed by atoms with Crippen LogP contribution in [-0.4, -0.2) is 30.6 Å². The van der Waals surface area contributed by atoms with Crippen molar-refractivity contribution in [1.29, 1.82) is 0 Å². The number of benzene rings is 2. The Bertz CT molecular complexity index is 1050. The van der Waals surface area contributed by atoms with E-state index in [4.69, 9.17) is 9.47 Å². The van der Waals surface area contributed by atoms with Gasteiger partial charge in [0.2, 0.25) is 0 Å². The lowest BCUT2D eigenvalue weighted by molar-refractivity contribution is 0.0954. The van der Waals surface area contributed by atoms with Crippen molar-refractivity contribution in [2.75, 3.05) is 25.1 Å². The molecule has 2 N–H and O–H groups in total. The summed E-state index contributed by atoms with van der Waals surface area (Å²) in [5, 5.41) is 6.34. The molecule has 0 aliphatic heterocycles. The third kappa shape index (κ3) is 5.78. The highest BCUT2D eigenvalue weighted by atomic mass is 16.5. The van der Waals surface area contributed by atoms with E-state index in [-0.39, 0.29) is 5.91 Å². The molecule has 3 aromatic rings. The fraction of sp³-hybridized carbons (Fsp3) is 0.308. The maximum atomic E-state index is 12.9. The number of hydrogen-bond acceptors (Lipinski definition) is 5. The van der Waals surface area contributed by atoms with Crippen molar-refractivity contribution in [2.24, 2.45) is 0 Å². The Balaban J connectivity index is 1.67. The van der Waals surface area contributed by atoms with Gasteiger partial charge in [0.05, 0.1) is 18.8 Å². The highest BCUT2D eigenvalue weighted by Gasteiger charge is 2.14. The minimum absolute atomic E-state index is 0.164. The van der Waals surface area contributed by atoms with Crippen LogP contribution >= 0.6 is 0 Å². The third-order valence-corrected chi connectivity index (χ3v) is 5.08. The molecule has 32 heavy (non-hydrogen) atoms. The van der Waals surface area contributed by atoms with Crippen molar-refractivity contribution in [3.8, 4) is 11.5 Å². The first-order valence-corrected chi connectivity index (χ1v) is 11.0. The van der Waals surface area contributed by atoms with Crippen LogP contribution in [0.25, 0.3) is 0 Å². The van der Waals surface area contributed by atoms with Crippen molar-refractivity contribution in [3.05, 3.63) is 77.0 Å². The van der Waals surface area contributed by atoms with Gasteiger partial charge in [-0.3, -0.25) is 4.79 Å². The quantitative estimate of drug-likeness (QED) is 0.459. The summed E-state index contributed by atoms with van der Waals surface area (Å²) < 4.78 is 11.3. The lowest BCUT2D eigenvalue weighted by Gasteiger charge is -2.15. The van der Waals surface area contributed by atoms with Crippen LogP contribution in [0.3, 0.4) is 0 Å². The fourth-order valence-electron chi connectivity index (χ4n) is 3.48. The molecule has 168 valence electrons. The molecule has 0 fully saturated rings. The number of aromatic nitrogens is 1. The zero-order valence-corrected chi connectivity index (χ0v) is 19.2. The Morgan fingerprint density at radius 1 is 0.938 bits per heavy atom. The standard InChI is InChI=1S/C26H31N3O3/c1-5-31-22-13-12-20(17-23(22)32-6-2)14-16-28-26(30)21-11-8-15-27-25(21)29-24-18(3)9-7-10-19(24)4/h7-13,15,17H,5-6,14,16H2,1-4H3,(H,27,29)(H,28,30). The number of nitrogens with zero attached hydrogens (tertiary/aromatic N) is 1. The van der Waals surface area contributed by atoms with E-state index in [2.05, 4.69) is 15.6 Å². The lowest BCUT2D eigenvalue weighted by Crippen LogP contribution is -2.26. The first-order chi connectivity index (χ1) is 15.5. The summed E-state index contributed by atoms with van der Waals surface area (Å²) in [5.74, 6) is 1.84. The maximum Gasteiger partial charge on any atom is 0.255 e. The lowest BCUT2D eigenvalue weighted by atomic mass is 10.1. The molecule has 3 rings (SSSR count). The van der Waals surface area contributed by atoms with Gasteiger partial charge in [0, 0.05) is 18.4 Å². The number of amides is 1. The molecule has 1 amide bonds. The van der Waals surface area contributed by atoms with E-state index in [0.29, 0.717) is 37.6 Å². The van der Waals surface area contributed by atoms with Crippen LogP contribution in [-0.2, 0) is 6.42 Å². The van der Waals surface area contributed by atoms with Crippen LogP contribution < -0.4 is 20.1 Å². The molecular weight excluding hydrogens is 402 g/mol.